The van der Waals surface area contributed by atoms with E-state index in [4.69, 9.17) is 4.74 Å². The second kappa shape index (κ2) is 5.77. The summed E-state index contributed by atoms with van der Waals surface area (Å²) in [5.74, 6) is 0. The van der Waals surface area contributed by atoms with E-state index in [1.807, 2.05) is 18.2 Å². The molecule has 1 aromatic carbocycles. The number of fused-ring (bicyclic) bond motifs is 1. The van der Waals surface area contributed by atoms with Crippen LogP contribution >= 0.6 is 0 Å². The number of ether oxygens (including phenoxy) is 1. The summed E-state index contributed by atoms with van der Waals surface area (Å²) in [4.78, 5) is 15.0. The number of aryl methyl sites for hydroxylation is 1. The van der Waals surface area contributed by atoms with E-state index in [1.54, 1.807) is 0 Å². The molecule has 4 heteroatoms. The highest BCUT2D eigenvalue weighted by Crippen LogP contribution is 2.13. The maximum atomic E-state index is 12.0. The summed E-state index contributed by atoms with van der Waals surface area (Å²) in [6.07, 6.45) is 2.66. The Labute approximate surface area is 118 Å². The van der Waals surface area contributed by atoms with E-state index in [9.17, 15) is 4.79 Å². The van der Waals surface area contributed by atoms with Crippen molar-refractivity contribution in [2.24, 2.45) is 0 Å². The monoisotopic (exact) mass is 273 g/mol. The molecule has 2 aromatic rings. The van der Waals surface area contributed by atoms with Gasteiger partial charge in [-0.05, 0) is 43.4 Å². The van der Waals surface area contributed by atoms with Crippen LogP contribution in [0.3, 0.4) is 0 Å². The number of hydrogen-bond donors (Lipinski definition) is 2. The molecule has 0 bridgehead atoms. The molecule has 3 rings (SSSR count). The van der Waals surface area contributed by atoms with Gasteiger partial charge in [-0.2, -0.15) is 0 Å². The molecule has 0 aliphatic carbocycles. The topological polar surface area (TPSA) is 58.7 Å². The molecule has 1 saturated heterocycles. The molecule has 3 N–H and O–H groups in total. The van der Waals surface area contributed by atoms with Crippen molar-refractivity contribution in [2.75, 3.05) is 13.2 Å². The molecular formula is C16H21N2O2+. The quantitative estimate of drug-likeness (QED) is 0.875. The molecule has 1 aliphatic heterocycles. The van der Waals surface area contributed by atoms with Gasteiger partial charge in [0, 0.05) is 12.1 Å². The summed E-state index contributed by atoms with van der Waals surface area (Å²) >= 11 is 0. The zero-order valence-corrected chi connectivity index (χ0v) is 11.8. The van der Waals surface area contributed by atoms with Crippen LogP contribution in [0, 0.1) is 6.92 Å². The summed E-state index contributed by atoms with van der Waals surface area (Å²) in [5, 5.41) is 3.27. The van der Waals surface area contributed by atoms with E-state index < -0.39 is 0 Å². The third-order valence-corrected chi connectivity index (χ3v) is 3.89. The maximum absolute atomic E-state index is 12.0. The Morgan fingerprint density at radius 2 is 2.30 bits per heavy atom. The first kappa shape index (κ1) is 13.3. The molecule has 0 unspecified atom stereocenters. The largest absolute Gasteiger partial charge is 0.372 e. The Kier molecular flexibility index (Phi) is 3.85. The number of aromatic amines is 1. The lowest BCUT2D eigenvalue weighted by atomic mass is 10.1. The van der Waals surface area contributed by atoms with Gasteiger partial charge >= 0.3 is 0 Å². The van der Waals surface area contributed by atoms with Gasteiger partial charge < -0.3 is 15.0 Å². The predicted molar refractivity (Wildman–Crippen MR) is 78.8 cm³/mol. The minimum absolute atomic E-state index is 0.0185. The number of H-pyrrole nitrogens is 1. The minimum atomic E-state index is 0.0185. The van der Waals surface area contributed by atoms with Crippen LogP contribution in [0.2, 0.25) is 0 Å². The minimum Gasteiger partial charge on any atom is -0.372 e. The van der Waals surface area contributed by atoms with E-state index in [0.29, 0.717) is 12.6 Å². The fourth-order valence-electron chi connectivity index (χ4n) is 2.78. The number of nitrogens with two attached hydrogens (primary N) is 1. The Morgan fingerprint density at radius 3 is 3.10 bits per heavy atom. The van der Waals surface area contributed by atoms with Crippen LogP contribution in [0.4, 0.5) is 0 Å². The van der Waals surface area contributed by atoms with Gasteiger partial charge in [0.2, 0.25) is 0 Å². The average Bonchev–Trinajstić information content (AvgIpc) is 2.93. The predicted octanol–water partition coefficient (Wildman–Crippen LogP) is 1.08. The van der Waals surface area contributed by atoms with Gasteiger partial charge in [-0.1, -0.05) is 11.6 Å². The molecular weight excluding hydrogens is 252 g/mol. The lowest BCUT2D eigenvalue weighted by Crippen LogP contribution is -2.85. The highest BCUT2D eigenvalue weighted by Gasteiger charge is 2.17. The number of nitrogens with one attached hydrogen (secondary N) is 1. The number of pyridine rings is 1. The van der Waals surface area contributed by atoms with Gasteiger partial charge in [-0.15, -0.1) is 0 Å². The van der Waals surface area contributed by atoms with Crippen LogP contribution in [0.1, 0.15) is 24.0 Å². The number of quaternary nitrogens is 1. The molecule has 0 radical (unpaired) electrons. The van der Waals surface area contributed by atoms with Crippen molar-refractivity contribution in [1.82, 2.24) is 4.98 Å². The summed E-state index contributed by atoms with van der Waals surface area (Å²) in [7, 11) is 0. The molecule has 0 saturated carbocycles. The standard InChI is InChI=1S/C16H20N2O2/c1-11-4-5-15-12(7-11)8-13(16(19)18-15)9-17-10-14-3-2-6-20-14/h4-5,7-8,14,17H,2-3,6,9-10H2,1H3,(H,18,19)/p+1/t14-/m0/s1. The highest BCUT2D eigenvalue weighted by atomic mass is 16.5. The van der Waals surface area contributed by atoms with Crippen molar-refractivity contribution in [3.05, 3.63) is 45.7 Å². The second-order valence-corrected chi connectivity index (χ2v) is 5.58. The van der Waals surface area contributed by atoms with E-state index in [0.717, 1.165) is 42.5 Å². The van der Waals surface area contributed by atoms with Crippen LogP contribution in [0.25, 0.3) is 10.9 Å². The van der Waals surface area contributed by atoms with Gasteiger partial charge in [-0.25, -0.2) is 0 Å². The molecule has 1 aromatic heterocycles. The van der Waals surface area contributed by atoms with E-state index in [1.165, 1.54) is 5.56 Å². The van der Waals surface area contributed by atoms with Crippen LogP contribution in [0.5, 0.6) is 0 Å². The summed E-state index contributed by atoms with van der Waals surface area (Å²) in [5.41, 5.74) is 2.97. The Hall–Kier alpha value is -1.65. The van der Waals surface area contributed by atoms with Gasteiger partial charge in [0.15, 0.2) is 0 Å². The summed E-state index contributed by atoms with van der Waals surface area (Å²) in [6.45, 7) is 4.59. The molecule has 20 heavy (non-hydrogen) atoms. The van der Waals surface area contributed by atoms with E-state index >= 15 is 0 Å². The Balaban J connectivity index is 1.73. The van der Waals surface area contributed by atoms with Gasteiger partial charge in [-0.3, -0.25) is 4.79 Å². The highest BCUT2D eigenvalue weighted by molar-refractivity contribution is 5.79. The third-order valence-electron chi connectivity index (χ3n) is 3.89. The molecule has 0 amide bonds. The first-order valence-electron chi connectivity index (χ1n) is 7.28. The lowest BCUT2D eigenvalue weighted by molar-refractivity contribution is -0.676. The van der Waals surface area contributed by atoms with Crippen LogP contribution in [0.15, 0.2) is 29.1 Å². The zero-order chi connectivity index (χ0) is 13.9. The third kappa shape index (κ3) is 2.92. The molecule has 1 aliphatic rings. The van der Waals surface area contributed by atoms with Crippen molar-refractivity contribution in [2.45, 2.75) is 32.4 Å². The fraction of sp³-hybridized carbons (Fsp3) is 0.438. The first-order valence-corrected chi connectivity index (χ1v) is 7.28. The van der Waals surface area contributed by atoms with Crippen LogP contribution in [-0.4, -0.2) is 24.2 Å². The molecule has 1 atom stereocenters. The number of aromatic nitrogens is 1. The van der Waals surface area contributed by atoms with Crippen molar-refractivity contribution in [1.29, 1.82) is 0 Å². The molecule has 1 fully saturated rings. The van der Waals surface area contributed by atoms with Gasteiger partial charge in [0.25, 0.3) is 5.56 Å². The molecule has 2 heterocycles. The average molecular weight is 273 g/mol. The zero-order valence-electron chi connectivity index (χ0n) is 11.8. The fourth-order valence-corrected chi connectivity index (χ4v) is 2.78. The summed E-state index contributed by atoms with van der Waals surface area (Å²) < 4.78 is 5.59. The summed E-state index contributed by atoms with van der Waals surface area (Å²) in [6, 6.07) is 8.09. The molecule has 4 nitrogen and oxygen atoms in total. The van der Waals surface area contributed by atoms with Crippen LogP contribution < -0.4 is 10.9 Å². The number of rotatable bonds is 4. The van der Waals surface area contributed by atoms with Crippen molar-refractivity contribution in [3.63, 3.8) is 0 Å². The lowest BCUT2D eigenvalue weighted by Gasteiger charge is -2.08. The number of hydrogen-bond acceptors (Lipinski definition) is 2. The second-order valence-electron chi connectivity index (χ2n) is 5.58. The molecule has 0 spiro atoms. The van der Waals surface area contributed by atoms with E-state index in [-0.39, 0.29) is 5.56 Å². The number of benzene rings is 1. The SMILES string of the molecule is Cc1ccc2[nH]c(=O)c(C[NH2+]C[C@@H]3CCCO3)cc2c1. The smallest absolute Gasteiger partial charge is 0.257 e. The van der Waals surface area contributed by atoms with Gasteiger partial charge in [0.05, 0.1) is 5.56 Å². The van der Waals surface area contributed by atoms with Crippen LogP contribution in [-0.2, 0) is 11.3 Å². The van der Waals surface area contributed by atoms with Crippen molar-refractivity contribution in [3.8, 4) is 0 Å². The Bertz CT molecular complexity index is 657. The molecule has 106 valence electrons. The maximum Gasteiger partial charge on any atom is 0.257 e. The van der Waals surface area contributed by atoms with E-state index in [2.05, 4.69) is 23.3 Å². The first-order chi connectivity index (χ1) is 9.72. The van der Waals surface area contributed by atoms with Gasteiger partial charge in [0.1, 0.15) is 19.2 Å². The van der Waals surface area contributed by atoms with Crippen molar-refractivity contribution < 1.29 is 10.1 Å². The van der Waals surface area contributed by atoms with Crippen molar-refractivity contribution >= 4 is 10.9 Å². The Morgan fingerprint density at radius 1 is 1.40 bits per heavy atom. The normalized spacial score (nSPS) is 18.8.